The van der Waals surface area contributed by atoms with Crippen LogP contribution in [0.3, 0.4) is 0 Å². The smallest absolute Gasteiger partial charge is 0.253 e. The predicted octanol–water partition coefficient (Wildman–Crippen LogP) is 4.02. The highest BCUT2D eigenvalue weighted by atomic mass is 32.1. The fraction of sp³-hybridized carbons (Fsp3) is 0.524. The van der Waals surface area contributed by atoms with E-state index in [2.05, 4.69) is 44.9 Å². The van der Waals surface area contributed by atoms with E-state index in [0.29, 0.717) is 0 Å². The zero-order valence-electron chi connectivity index (χ0n) is 16.5. The molecular weight excluding hydrogens is 342 g/mol. The normalized spacial score (nSPS) is 16.1. The molecule has 0 bridgehead atoms. The van der Waals surface area contributed by atoms with E-state index < -0.39 is 0 Å². The molecule has 1 amide bonds. The second kappa shape index (κ2) is 7.49. The Morgan fingerprint density at radius 2 is 1.81 bits per heavy atom. The monoisotopic (exact) mass is 371 g/mol. The van der Waals surface area contributed by atoms with Crippen molar-refractivity contribution in [3.05, 3.63) is 51.0 Å². The highest BCUT2D eigenvalue weighted by molar-refractivity contribution is 7.09. The van der Waals surface area contributed by atoms with Gasteiger partial charge < -0.3 is 4.90 Å². The van der Waals surface area contributed by atoms with Gasteiger partial charge in [0.2, 0.25) is 0 Å². The van der Waals surface area contributed by atoms with Gasteiger partial charge in [-0.05, 0) is 37.1 Å². The third-order valence-corrected chi connectivity index (χ3v) is 5.93. The van der Waals surface area contributed by atoms with Crippen LogP contribution in [0.5, 0.6) is 0 Å². The summed E-state index contributed by atoms with van der Waals surface area (Å²) >= 11 is 1.74. The van der Waals surface area contributed by atoms with Crippen LogP contribution in [0.15, 0.2) is 23.6 Å². The van der Waals surface area contributed by atoms with Crippen LogP contribution >= 0.6 is 11.3 Å². The molecule has 1 aliphatic rings. The first-order valence-electron chi connectivity index (χ1n) is 9.28. The lowest BCUT2D eigenvalue weighted by atomic mass is 9.93. The average Bonchev–Trinajstić information content (AvgIpc) is 3.06. The van der Waals surface area contributed by atoms with Crippen LogP contribution in [0.25, 0.3) is 0 Å². The molecule has 0 unspecified atom stereocenters. The summed E-state index contributed by atoms with van der Waals surface area (Å²) in [5.74, 6) is 0.150. The number of piperazine rings is 1. The molecule has 1 fully saturated rings. The quantitative estimate of drug-likeness (QED) is 0.818. The number of aryl methyl sites for hydroxylation is 2. The molecule has 26 heavy (non-hydrogen) atoms. The largest absolute Gasteiger partial charge is 0.336 e. The van der Waals surface area contributed by atoms with Gasteiger partial charge in [-0.25, -0.2) is 4.98 Å². The van der Waals surface area contributed by atoms with E-state index in [0.717, 1.165) is 38.3 Å². The number of rotatable bonds is 3. The van der Waals surface area contributed by atoms with Gasteiger partial charge in [-0.1, -0.05) is 26.8 Å². The number of hydrogen-bond acceptors (Lipinski definition) is 4. The van der Waals surface area contributed by atoms with Crippen molar-refractivity contribution in [2.75, 3.05) is 26.2 Å². The summed E-state index contributed by atoms with van der Waals surface area (Å²) in [5.41, 5.74) is 4.47. The van der Waals surface area contributed by atoms with Crippen LogP contribution in [0.1, 0.15) is 53.0 Å². The Balaban J connectivity index is 1.56. The Labute approximate surface area is 160 Å². The number of carbonyl (C=O) groups excluding carboxylic acids is 1. The Morgan fingerprint density at radius 1 is 1.12 bits per heavy atom. The molecule has 1 saturated heterocycles. The van der Waals surface area contributed by atoms with Gasteiger partial charge in [-0.3, -0.25) is 9.69 Å². The van der Waals surface area contributed by atoms with Gasteiger partial charge >= 0.3 is 0 Å². The molecule has 2 heterocycles. The van der Waals surface area contributed by atoms with Gasteiger partial charge in [-0.2, -0.15) is 0 Å². The minimum absolute atomic E-state index is 0.103. The van der Waals surface area contributed by atoms with Gasteiger partial charge in [0.25, 0.3) is 5.91 Å². The zero-order chi connectivity index (χ0) is 18.9. The number of carbonyl (C=O) groups is 1. The maximum atomic E-state index is 12.7. The minimum Gasteiger partial charge on any atom is -0.336 e. The molecule has 0 spiro atoms. The van der Waals surface area contributed by atoms with Crippen molar-refractivity contribution in [2.45, 2.75) is 46.6 Å². The lowest BCUT2D eigenvalue weighted by molar-refractivity contribution is 0.0628. The van der Waals surface area contributed by atoms with Crippen molar-refractivity contribution < 1.29 is 4.79 Å². The first-order valence-corrected chi connectivity index (χ1v) is 10.2. The second-order valence-corrected chi connectivity index (χ2v) is 9.19. The maximum absolute atomic E-state index is 12.7. The van der Waals surface area contributed by atoms with Crippen LogP contribution in [-0.4, -0.2) is 46.9 Å². The zero-order valence-corrected chi connectivity index (χ0v) is 17.3. The van der Waals surface area contributed by atoms with Crippen LogP contribution in [0.4, 0.5) is 0 Å². The minimum atomic E-state index is 0.103. The summed E-state index contributed by atoms with van der Waals surface area (Å²) in [7, 11) is 0. The summed E-state index contributed by atoms with van der Waals surface area (Å²) in [6.45, 7) is 15.0. The molecule has 0 N–H and O–H groups in total. The molecule has 3 rings (SSSR count). The fourth-order valence-corrected chi connectivity index (χ4v) is 4.15. The third kappa shape index (κ3) is 4.33. The van der Waals surface area contributed by atoms with Crippen molar-refractivity contribution in [1.29, 1.82) is 0 Å². The fourth-order valence-electron chi connectivity index (χ4n) is 3.09. The van der Waals surface area contributed by atoms with E-state index in [9.17, 15) is 4.79 Å². The lowest BCUT2D eigenvalue weighted by Crippen LogP contribution is -2.48. The number of thiazole rings is 1. The summed E-state index contributed by atoms with van der Waals surface area (Å²) < 4.78 is 0. The Hall–Kier alpha value is -1.72. The van der Waals surface area contributed by atoms with E-state index in [1.165, 1.54) is 21.8 Å². The van der Waals surface area contributed by atoms with Crippen molar-refractivity contribution in [3.63, 3.8) is 0 Å². The standard InChI is InChI=1S/C21H29N3OS/c1-15-6-7-17(12-16(15)2)20(25)24-10-8-23(9-11-24)13-19-22-18(14-26-19)21(3,4)5/h6-7,12,14H,8-11,13H2,1-5H3. The molecule has 140 valence electrons. The van der Waals surface area contributed by atoms with Gasteiger partial charge in [0, 0.05) is 42.5 Å². The second-order valence-electron chi connectivity index (χ2n) is 8.24. The lowest BCUT2D eigenvalue weighted by Gasteiger charge is -2.34. The molecule has 0 radical (unpaired) electrons. The van der Waals surface area contributed by atoms with E-state index in [4.69, 9.17) is 4.98 Å². The van der Waals surface area contributed by atoms with Crippen molar-refractivity contribution in [2.24, 2.45) is 0 Å². The van der Waals surface area contributed by atoms with E-state index in [1.54, 1.807) is 11.3 Å². The molecule has 0 aliphatic carbocycles. The topological polar surface area (TPSA) is 36.4 Å². The van der Waals surface area contributed by atoms with E-state index in [-0.39, 0.29) is 11.3 Å². The maximum Gasteiger partial charge on any atom is 0.253 e. The SMILES string of the molecule is Cc1ccc(C(=O)N2CCN(Cc3nc(C(C)(C)C)cs3)CC2)cc1C. The van der Waals surface area contributed by atoms with Gasteiger partial charge in [0.1, 0.15) is 5.01 Å². The Bertz CT molecular complexity index is 783. The summed E-state index contributed by atoms with van der Waals surface area (Å²) in [4.78, 5) is 21.9. The molecule has 0 saturated carbocycles. The molecule has 2 aromatic rings. The summed E-state index contributed by atoms with van der Waals surface area (Å²) in [5, 5.41) is 3.35. The number of nitrogens with zero attached hydrogens (tertiary/aromatic N) is 3. The highest BCUT2D eigenvalue weighted by Crippen LogP contribution is 2.24. The van der Waals surface area contributed by atoms with Crippen molar-refractivity contribution in [1.82, 2.24) is 14.8 Å². The summed E-state index contributed by atoms with van der Waals surface area (Å²) in [6, 6.07) is 5.99. The first-order chi connectivity index (χ1) is 12.2. The van der Waals surface area contributed by atoms with E-state index >= 15 is 0 Å². The molecule has 1 aromatic heterocycles. The number of hydrogen-bond donors (Lipinski definition) is 0. The molecule has 0 atom stereocenters. The molecule has 1 aromatic carbocycles. The van der Waals surface area contributed by atoms with Crippen LogP contribution in [0.2, 0.25) is 0 Å². The average molecular weight is 372 g/mol. The van der Waals surface area contributed by atoms with Crippen LogP contribution in [-0.2, 0) is 12.0 Å². The molecule has 1 aliphatic heterocycles. The Morgan fingerprint density at radius 3 is 2.38 bits per heavy atom. The van der Waals surface area contributed by atoms with Gasteiger partial charge in [0.15, 0.2) is 0 Å². The molecule has 4 nitrogen and oxygen atoms in total. The first kappa shape index (κ1) is 19.1. The van der Waals surface area contributed by atoms with Crippen molar-refractivity contribution >= 4 is 17.2 Å². The predicted molar refractivity (Wildman–Crippen MR) is 108 cm³/mol. The number of aromatic nitrogens is 1. The van der Waals surface area contributed by atoms with Crippen molar-refractivity contribution in [3.8, 4) is 0 Å². The molecular formula is C21H29N3OS. The number of benzene rings is 1. The van der Waals surface area contributed by atoms with Gasteiger partial charge in [0.05, 0.1) is 12.2 Å². The van der Waals surface area contributed by atoms with E-state index in [1.807, 2.05) is 23.1 Å². The van der Waals surface area contributed by atoms with Crippen LogP contribution < -0.4 is 0 Å². The number of amides is 1. The van der Waals surface area contributed by atoms with Gasteiger partial charge in [-0.15, -0.1) is 11.3 Å². The summed E-state index contributed by atoms with van der Waals surface area (Å²) in [6.07, 6.45) is 0. The third-order valence-electron chi connectivity index (χ3n) is 5.09. The molecule has 5 heteroatoms. The van der Waals surface area contributed by atoms with Crippen LogP contribution in [0, 0.1) is 13.8 Å². The highest BCUT2D eigenvalue weighted by Gasteiger charge is 2.24. The Kier molecular flexibility index (Phi) is 5.49.